The molecule has 0 aliphatic rings. The summed E-state index contributed by atoms with van der Waals surface area (Å²) in [5.74, 6) is -0.791. The van der Waals surface area contributed by atoms with Crippen LogP contribution in [0.1, 0.15) is 18.1 Å². The van der Waals surface area contributed by atoms with Crippen LogP contribution in [0.4, 0.5) is 4.39 Å². The topological polar surface area (TPSA) is 46.5 Å². The van der Waals surface area contributed by atoms with E-state index in [9.17, 15) is 14.3 Å². The predicted molar refractivity (Wildman–Crippen MR) is 79.5 cm³/mol. The van der Waals surface area contributed by atoms with Gasteiger partial charge in [0.25, 0.3) is 0 Å². The molecule has 0 saturated carbocycles. The van der Waals surface area contributed by atoms with E-state index < -0.39 is 11.8 Å². The Hall–Kier alpha value is -2.62. The van der Waals surface area contributed by atoms with Crippen LogP contribution in [0.2, 0.25) is 0 Å². The molecule has 0 spiro atoms. The maximum Gasteiger partial charge on any atom is 0.336 e. The third-order valence-electron chi connectivity index (χ3n) is 2.87. The Morgan fingerprint density at radius 2 is 1.95 bits per heavy atom. The van der Waals surface area contributed by atoms with Gasteiger partial charge in [0.1, 0.15) is 11.6 Å². The molecule has 0 fully saturated rings. The van der Waals surface area contributed by atoms with Gasteiger partial charge >= 0.3 is 5.97 Å². The number of aliphatic carboxylic acids is 1. The molecule has 0 heterocycles. The Labute approximate surface area is 122 Å². The minimum absolute atomic E-state index is 0.101. The highest BCUT2D eigenvalue weighted by Crippen LogP contribution is 2.21. The first kappa shape index (κ1) is 14.8. The zero-order valence-corrected chi connectivity index (χ0v) is 11.5. The summed E-state index contributed by atoms with van der Waals surface area (Å²) in [6, 6.07) is 12.5. The lowest BCUT2D eigenvalue weighted by molar-refractivity contribution is -0.130. The van der Waals surface area contributed by atoms with E-state index in [1.165, 1.54) is 30.3 Å². The van der Waals surface area contributed by atoms with Gasteiger partial charge < -0.3 is 9.84 Å². The Morgan fingerprint density at radius 3 is 2.57 bits per heavy atom. The highest BCUT2D eigenvalue weighted by atomic mass is 19.1. The third kappa shape index (κ3) is 3.92. The largest absolute Gasteiger partial charge is 0.494 e. The molecule has 4 heteroatoms. The summed E-state index contributed by atoms with van der Waals surface area (Å²) in [4.78, 5) is 11.4. The summed E-state index contributed by atoms with van der Waals surface area (Å²) in [6.07, 6.45) is 1.54. The van der Waals surface area contributed by atoms with Crippen molar-refractivity contribution in [2.75, 3.05) is 6.61 Å². The SMILES string of the molecule is CCOc1cccc(/C=C(/C(=O)O)c2ccc(F)cc2)c1. The summed E-state index contributed by atoms with van der Waals surface area (Å²) in [6.45, 7) is 2.42. The van der Waals surface area contributed by atoms with Gasteiger partial charge in [0.2, 0.25) is 0 Å². The van der Waals surface area contributed by atoms with Gasteiger partial charge in [-0.3, -0.25) is 0 Å². The monoisotopic (exact) mass is 286 g/mol. The van der Waals surface area contributed by atoms with E-state index in [2.05, 4.69) is 0 Å². The zero-order valence-electron chi connectivity index (χ0n) is 11.5. The second-order valence-electron chi connectivity index (χ2n) is 4.38. The highest BCUT2D eigenvalue weighted by Gasteiger charge is 2.10. The molecular weight excluding hydrogens is 271 g/mol. The van der Waals surface area contributed by atoms with Gasteiger partial charge in [-0.05, 0) is 48.4 Å². The van der Waals surface area contributed by atoms with E-state index in [-0.39, 0.29) is 5.57 Å². The van der Waals surface area contributed by atoms with Crippen molar-refractivity contribution in [3.8, 4) is 5.75 Å². The molecule has 0 radical (unpaired) electrons. The van der Waals surface area contributed by atoms with Crippen LogP contribution in [0.5, 0.6) is 5.75 Å². The maximum atomic E-state index is 12.9. The minimum Gasteiger partial charge on any atom is -0.494 e. The number of carboxylic acids is 1. The van der Waals surface area contributed by atoms with E-state index in [1.54, 1.807) is 24.3 Å². The van der Waals surface area contributed by atoms with Crippen molar-refractivity contribution in [3.05, 3.63) is 65.5 Å². The van der Waals surface area contributed by atoms with Crippen LogP contribution in [-0.4, -0.2) is 17.7 Å². The number of hydrogen-bond acceptors (Lipinski definition) is 2. The van der Waals surface area contributed by atoms with Crippen molar-refractivity contribution in [2.24, 2.45) is 0 Å². The Balaban J connectivity index is 2.40. The lowest BCUT2D eigenvalue weighted by atomic mass is 10.0. The molecule has 21 heavy (non-hydrogen) atoms. The molecule has 0 unspecified atom stereocenters. The maximum absolute atomic E-state index is 12.9. The summed E-state index contributed by atoms with van der Waals surface area (Å²) in [7, 11) is 0. The van der Waals surface area contributed by atoms with E-state index in [0.29, 0.717) is 23.5 Å². The second-order valence-corrected chi connectivity index (χ2v) is 4.38. The van der Waals surface area contributed by atoms with Crippen LogP contribution in [0.25, 0.3) is 11.6 Å². The zero-order chi connectivity index (χ0) is 15.2. The number of halogens is 1. The molecule has 3 nitrogen and oxygen atoms in total. The Morgan fingerprint density at radius 1 is 1.24 bits per heavy atom. The average Bonchev–Trinajstić information content (AvgIpc) is 2.46. The molecule has 0 amide bonds. The molecule has 0 aliphatic carbocycles. The lowest BCUT2D eigenvalue weighted by Crippen LogP contribution is -2.00. The van der Waals surface area contributed by atoms with Crippen molar-refractivity contribution in [1.29, 1.82) is 0 Å². The van der Waals surface area contributed by atoms with E-state index >= 15 is 0 Å². The van der Waals surface area contributed by atoms with Crippen molar-refractivity contribution < 1.29 is 19.0 Å². The third-order valence-corrected chi connectivity index (χ3v) is 2.87. The van der Waals surface area contributed by atoms with Crippen LogP contribution in [-0.2, 0) is 4.79 Å². The van der Waals surface area contributed by atoms with Crippen molar-refractivity contribution in [1.82, 2.24) is 0 Å². The van der Waals surface area contributed by atoms with Gasteiger partial charge in [0.15, 0.2) is 0 Å². The molecule has 108 valence electrons. The number of hydrogen-bond donors (Lipinski definition) is 1. The minimum atomic E-state index is -1.07. The summed E-state index contributed by atoms with van der Waals surface area (Å²) >= 11 is 0. The van der Waals surface area contributed by atoms with Gasteiger partial charge in [-0.2, -0.15) is 0 Å². The van der Waals surface area contributed by atoms with E-state index in [0.717, 1.165) is 0 Å². The van der Waals surface area contributed by atoms with Crippen LogP contribution in [0.3, 0.4) is 0 Å². The molecule has 1 N–H and O–H groups in total. The Kier molecular flexibility index (Phi) is 4.72. The fourth-order valence-electron chi connectivity index (χ4n) is 1.93. The molecule has 0 aromatic heterocycles. The predicted octanol–water partition coefficient (Wildman–Crippen LogP) is 3.85. The molecule has 0 aliphatic heterocycles. The van der Waals surface area contributed by atoms with Gasteiger partial charge in [-0.25, -0.2) is 9.18 Å². The van der Waals surface area contributed by atoms with E-state index in [1.807, 2.05) is 6.92 Å². The van der Waals surface area contributed by atoms with Crippen molar-refractivity contribution in [2.45, 2.75) is 6.92 Å². The molecule has 0 saturated heterocycles. The van der Waals surface area contributed by atoms with Crippen LogP contribution < -0.4 is 4.74 Å². The number of carboxylic acid groups (broad SMARTS) is 1. The lowest BCUT2D eigenvalue weighted by Gasteiger charge is -2.06. The molecular formula is C17H15FO3. The van der Waals surface area contributed by atoms with Gasteiger partial charge in [0.05, 0.1) is 12.2 Å². The molecule has 0 bridgehead atoms. The first-order valence-electron chi connectivity index (χ1n) is 6.54. The van der Waals surface area contributed by atoms with Crippen molar-refractivity contribution in [3.63, 3.8) is 0 Å². The summed E-state index contributed by atoms with van der Waals surface area (Å²) in [5.41, 5.74) is 1.26. The Bertz CT molecular complexity index is 660. The fraction of sp³-hybridized carbons (Fsp3) is 0.118. The smallest absolute Gasteiger partial charge is 0.336 e. The van der Waals surface area contributed by atoms with Gasteiger partial charge in [-0.15, -0.1) is 0 Å². The molecule has 2 aromatic carbocycles. The van der Waals surface area contributed by atoms with E-state index in [4.69, 9.17) is 4.74 Å². The normalized spacial score (nSPS) is 11.2. The first-order chi connectivity index (χ1) is 10.1. The van der Waals surface area contributed by atoms with Crippen LogP contribution in [0.15, 0.2) is 48.5 Å². The molecule has 2 aromatic rings. The van der Waals surface area contributed by atoms with Gasteiger partial charge in [0, 0.05) is 0 Å². The highest BCUT2D eigenvalue weighted by molar-refractivity contribution is 6.20. The first-order valence-corrected chi connectivity index (χ1v) is 6.54. The number of ether oxygens (including phenoxy) is 1. The standard InChI is InChI=1S/C17H15FO3/c1-2-21-15-5-3-4-12(10-15)11-16(17(19)20)13-6-8-14(18)9-7-13/h3-11H,2H2,1H3,(H,19,20)/b16-11+. The van der Waals surface area contributed by atoms with Crippen molar-refractivity contribution >= 4 is 17.6 Å². The number of carbonyl (C=O) groups is 1. The quantitative estimate of drug-likeness (QED) is 0.671. The molecule has 0 atom stereocenters. The fourth-order valence-corrected chi connectivity index (χ4v) is 1.93. The number of benzene rings is 2. The van der Waals surface area contributed by atoms with Gasteiger partial charge in [-0.1, -0.05) is 24.3 Å². The summed E-state index contributed by atoms with van der Waals surface area (Å²) < 4.78 is 18.3. The van der Waals surface area contributed by atoms with Crippen LogP contribution >= 0.6 is 0 Å². The molecule has 2 rings (SSSR count). The average molecular weight is 286 g/mol. The summed E-state index contributed by atoms with van der Waals surface area (Å²) in [5, 5.41) is 9.34. The van der Waals surface area contributed by atoms with Crippen LogP contribution in [0, 0.1) is 5.82 Å². The number of rotatable bonds is 5. The second kappa shape index (κ2) is 6.70.